The molecule has 6 nitrogen and oxygen atoms in total. The van der Waals surface area contributed by atoms with Gasteiger partial charge in [0.25, 0.3) is 5.91 Å². The van der Waals surface area contributed by atoms with Gasteiger partial charge in [-0.1, -0.05) is 30.3 Å². The van der Waals surface area contributed by atoms with Crippen molar-refractivity contribution in [1.29, 1.82) is 0 Å². The molecular formula is C22H26N2O4. The zero-order valence-electron chi connectivity index (χ0n) is 16.3. The second-order valence-corrected chi connectivity index (χ2v) is 6.99. The Morgan fingerprint density at radius 3 is 2.39 bits per heavy atom. The maximum atomic E-state index is 12.9. The van der Waals surface area contributed by atoms with Crippen molar-refractivity contribution in [3.8, 4) is 11.5 Å². The summed E-state index contributed by atoms with van der Waals surface area (Å²) in [6.45, 7) is 4.14. The van der Waals surface area contributed by atoms with Crippen LogP contribution in [0.25, 0.3) is 0 Å². The van der Waals surface area contributed by atoms with Gasteiger partial charge in [-0.05, 0) is 37.1 Å². The van der Waals surface area contributed by atoms with E-state index < -0.39 is 0 Å². The van der Waals surface area contributed by atoms with Crippen LogP contribution in [0.15, 0.2) is 48.5 Å². The van der Waals surface area contributed by atoms with E-state index in [0.29, 0.717) is 31.7 Å². The smallest absolute Gasteiger partial charge is 0.254 e. The number of carbonyl (C=O) groups excluding carboxylic acids is 2. The first kappa shape index (κ1) is 19.7. The summed E-state index contributed by atoms with van der Waals surface area (Å²) >= 11 is 0. The fourth-order valence-electron chi connectivity index (χ4n) is 3.49. The van der Waals surface area contributed by atoms with E-state index in [2.05, 4.69) is 0 Å². The Bertz CT molecular complexity index is 838. The molecule has 0 bridgehead atoms. The zero-order chi connectivity index (χ0) is 20.1. The van der Waals surface area contributed by atoms with Crippen molar-refractivity contribution in [3.05, 3.63) is 59.7 Å². The van der Waals surface area contributed by atoms with E-state index >= 15 is 0 Å². The molecule has 0 spiro atoms. The Morgan fingerprint density at radius 2 is 1.68 bits per heavy atom. The first-order valence-corrected chi connectivity index (χ1v) is 9.51. The van der Waals surface area contributed by atoms with Gasteiger partial charge >= 0.3 is 0 Å². The SMILES string of the molecule is COc1cc(C(=O)N2CCCN(C(=O)C(C)c3ccccc3)CC2)ccc1O. The van der Waals surface area contributed by atoms with E-state index in [0.717, 1.165) is 12.0 Å². The van der Waals surface area contributed by atoms with Crippen LogP contribution in [0.5, 0.6) is 11.5 Å². The molecule has 0 radical (unpaired) electrons. The maximum absolute atomic E-state index is 12.9. The predicted octanol–water partition coefficient (Wildman–Crippen LogP) is 2.88. The Morgan fingerprint density at radius 1 is 1.00 bits per heavy atom. The summed E-state index contributed by atoms with van der Waals surface area (Å²) in [6, 6.07) is 14.3. The van der Waals surface area contributed by atoms with Crippen LogP contribution in [0.4, 0.5) is 0 Å². The van der Waals surface area contributed by atoms with Crippen molar-refractivity contribution in [2.24, 2.45) is 0 Å². The molecule has 0 aromatic heterocycles. The van der Waals surface area contributed by atoms with Crippen LogP contribution in [-0.4, -0.2) is 60.0 Å². The number of phenolic OH excluding ortho intramolecular Hbond substituents is 1. The molecule has 1 unspecified atom stereocenters. The number of amides is 2. The maximum Gasteiger partial charge on any atom is 0.254 e. The molecule has 1 aliphatic heterocycles. The highest BCUT2D eigenvalue weighted by Gasteiger charge is 2.26. The fourth-order valence-corrected chi connectivity index (χ4v) is 3.49. The molecule has 28 heavy (non-hydrogen) atoms. The Hall–Kier alpha value is -3.02. The minimum atomic E-state index is -0.204. The third kappa shape index (κ3) is 4.27. The van der Waals surface area contributed by atoms with Gasteiger partial charge in [0.05, 0.1) is 13.0 Å². The third-order valence-corrected chi connectivity index (χ3v) is 5.19. The molecule has 0 saturated carbocycles. The predicted molar refractivity (Wildman–Crippen MR) is 107 cm³/mol. The molecule has 6 heteroatoms. The molecule has 1 atom stereocenters. The van der Waals surface area contributed by atoms with Gasteiger partial charge in [-0.15, -0.1) is 0 Å². The standard InChI is InChI=1S/C22H26N2O4/c1-16(17-7-4-3-5-8-17)21(26)23-11-6-12-24(14-13-23)22(27)18-9-10-19(25)20(15-18)28-2/h3-5,7-10,15-16,25H,6,11-14H2,1-2H3. The van der Waals surface area contributed by atoms with Crippen LogP contribution in [0.2, 0.25) is 0 Å². The minimum absolute atomic E-state index is 0.00147. The van der Waals surface area contributed by atoms with Gasteiger partial charge in [0.1, 0.15) is 0 Å². The van der Waals surface area contributed by atoms with Crippen LogP contribution in [0.1, 0.15) is 35.2 Å². The number of methoxy groups -OCH3 is 1. The Labute approximate surface area is 165 Å². The Balaban J connectivity index is 1.66. The largest absolute Gasteiger partial charge is 0.504 e. The van der Waals surface area contributed by atoms with Crippen molar-refractivity contribution < 1.29 is 19.4 Å². The molecule has 1 fully saturated rings. The number of carbonyl (C=O) groups is 2. The van der Waals surface area contributed by atoms with Gasteiger partial charge in [0.15, 0.2) is 11.5 Å². The average molecular weight is 382 g/mol. The lowest BCUT2D eigenvalue weighted by Crippen LogP contribution is -2.39. The van der Waals surface area contributed by atoms with Crippen LogP contribution in [0, 0.1) is 0 Å². The number of hydrogen-bond donors (Lipinski definition) is 1. The van der Waals surface area contributed by atoms with Crippen LogP contribution in [-0.2, 0) is 4.79 Å². The van der Waals surface area contributed by atoms with Crippen molar-refractivity contribution in [2.45, 2.75) is 19.3 Å². The summed E-state index contributed by atoms with van der Waals surface area (Å²) in [4.78, 5) is 29.4. The topological polar surface area (TPSA) is 70.1 Å². The molecule has 2 aromatic carbocycles. The number of nitrogens with zero attached hydrogens (tertiary/aromatic N) is 2. The van der Waals surface area contributed by atoms with Crippen molar-refractivity contribution in [3.63, 3.8) is 0 Å². The molecule has 1 saturated heterocycles. The van der Waals surface area contributed by atoms with E-state index in [9.17, 15) is 14.7 Å². The van der Waals surface area contributed by atoms with Crippen molar-refractivity contribution in [2.75, 3.05) is 33.3 Å². The van der Waals surface area contributed by atoms with Gasteiger partial charge in [0.2, 0.25) is 5.91 Å². The van der Waals surface area contributed by atoms with Crippen LogP contribution < -0.4 is 4.74 Å². The van der Waals surface area contributed by atoms with Crippen molar-refractivity contribution >= 4 is 11.8 Å². The lowest BCUT2D eigenvalue weighted by Gasteiger charge is -2.25. The fraction of sp³-hybridized carbons (Fsp3) is 0.364. The second-order valence-electron chi connectivity index (χ2n) is 6.99. The monoisotopic (exact) mass is 382 g/mol. The van der Waals surface area contributed by atoms with Crippen molar-refractivity contribution in [1.82, 2.24) is 9.80 Å². The van der Waals surface area contributed by atoms with Gasteiger partial charge in [-0.3, -0.25) is 9.59 Å². The van der Waals surface area contributed by atoms with Gasteiger partial charge in [-0.2, -0.15) is 0 Å². The van der Waals surface area contributed by atoms with Crippen LogP contribution >= 0.6 is 0 Å². The van der Waals surface area contributed by atoms with Gasteiger partial charge in [-0.25, -0.2) is 0 Å². The third-order valence-electron chi connectivity index (χ3n) is 5.19. The quantitative estimate of drug-likeness (QED) is 0.883. The number of benzene rings is 2. The summed E-state index contributed by atoms with van der Waals surface area (Å²) in [6.07, 6.45) is 0.730. The van der Waals surface area contributed by atoms with E-state index in [1.807, 2.05) is 42.2 Å². The van der Waals surface area contributed by atoms with E-state index in [-0.39, 0.29) is 29.2 Å². The molecule has 1 aliphatic rings. The minimum Gasteiger partial charge on any atom is -0.504 e. The molecule has 1 N–H and O–H groups in total. The van der Waals surface area contributed by atoms with Gasteiger partial charge < -0.3 is 19.6 Å². The van der Waals surface area contributed by atoms with E-state index in [1.54, 1.807) is 17.0 Å². The molecule has 148 valence electrons. The lowest BCUT2D eigenvalue weighted by molar-refractivity contribution is -0.132. The summed E-state index contributed by atoms with van der Waals surface area (Å²) in [5.41, 5.74) is 1.47. The normalized spacial score (nSPS) is 15.6. The molecular weight excluding hydrogens is 356 g/mol. The highest BCUT2D eigenvalue weighted by molar-refractivity contribution is 5.95. The highest BCUT2D eigenvalue weighted by atomic mass is 16.5. The number of ether oxygens (including phenoxy) is 1. The summed E-state index contributed by atoms with van der Waals surface area (Å²) < 4.78 is 5.09. The molecule has 3 rings (SSSR count). The lowest BCUT2D eigenvalue weighted by atomic mass is 10.00. The zero-order valence-corrected chi connectivity index (χ0v) is 16.3. The van der Waals surface area contributed by atoms with Gasteiger partial charge in [0, 0.05) is 31.7 Å². The summed E-state index contributed by atoms with van der Waals surface area (Å²) in [5.74, 6) is 0.0380. The first-order valence-electron chi connectivity index (χ1n) is 9.51. The van der Waals surface area contributed by atoms with E-state index in [1.165, 1.54) is 13.2 Å². The van der Waals surface area contributed by atoms with Crippen LogP contribution in [0.3, 0.4) is 0 Å². The highest BCUT2D eigenvalue weighted by Crippen LogP contribution is 2.27. The average Bonchev–Trinajstić information content (AvgIpc) is 2.99. The molecule has 0 aliphatic carbocycles. The molecule has 2 aromatic rings. The summed E-state index contributed by atoms with van der Waals surface area (Å²) in [5, 5.41) is 9.72. The Kier molecular flexibility index (Phi) is 6.19. The molecule has 2 amide bonds. The number of aromatic hydroxyl groups is 1. The number of phenols is 1. The first-order chi connectivity index (χ1) is 13.5. The number of rotatable bonds is 4. The second kappa shape index (κ2) is 8.78. The number of hydrogen-bond acceptors (Lipinski definition) is 4. The summed E-state index contributed by atoms with van der Waals surface area (Å²) in [7, 11) is 1.45. The molecule has 1 heterocycles. The van der Waals surface area contributed by atoms with E-state index in [4.69, 9.17) is 4.74 Å².